The molecule has 0 spiro atoms. The zero-order valence-corrected chi connectivity index (χ0v) is 5.51. The van der Waals surface area contributed by atoms with Crippen LogP contribution in [-0.2, 0) is 0 Å². The van der Waals surface area contributed by atoms with Crippen molar-refractivity contribution in [2.24, 2.45) is 5.92 Å². The van der Waals surface area contributed by atoms with Crippen molar-refractivity contribution in [3.8, 4) is 0 Å². The van der Waals surface area contributed by atoms with Crippen molar-refractivity contribution in [3.05, 3.63) is 0 Å². The summed E-state index contributed by atoms with van der Waals surface area (Å²) in [6.45, 7) is 0.821. The summed E-state index contributed by atoms with van der Waals surface area (Å²) in [5, 5.41) is 12.4. The number of aliphatic hydroxyl groups is 1. The first-order valence-corrected chi connectivity index (χ1v) is 3.79. The Morgan fingerprint density at radius 1 is 1.33 bits per heavy atom. The van der Waals surface area contributed by atoms with Crippen molar-refractivity contribution in [2.75, 3.05) is 6.54 Å². The topological polar surface area (TPSA) is 32.3 Å². The Morgan fingerprint density at radius 2 is 2.11 bits per heavy atom. The molecule has 1 aliphatic heterocycles. The first-order valence-electron chi connectivity index (χ1n) is 3.79. The standard InChI is InChI=1S/C7H13NO/c9-6-4-8-7(6)5-2-1-3-5/h5-9H,1-4H2/t6-,7+/m1/s1. The van der Waals surface area contributed by atoms with E-state index in [0.717, 1.165) is 12.5 Å². The molecule has 1 saturated heterocycles. The minimum Gasteiger partial charge on any atom is -0.390 e. The Hall–Kier alpha value is -0.0800. The van der Waals surface area contributed by atoms with E-state index in [1.807, 2.05) is 0 Å². The predicted molar refractivity (Wildman–Crippen MR) is 35.1 cm³/mol. The second-order valence-corrected chi connectivity index (χ2v) is 3.19. The maximum absolute atomic E-state index is 9.18. The number of hydrogen-bond donors (Lipinski definition) is 2. The lowest BCUT2D eigenvalue weighted by Crippen LogP contribution is -2.61. The highest BCUT2D eigenvalue weighted by atomic mass is 16.3. The van der Waals surface area contributed by atoms with Crippen LogP contribution in [0.3, 0.4) is 0 Å². The van der Waals surface area contributed by atoms with Gasteiger partial charge in [0, 0.05) is 12.6 Å². The minimum atomic E-state index is -0.0321. The van der Waals surface area contributed by atoms with Gasteiger partial charge in [-0.05, 0) is 18.8 Å². The van der Waals surface area contributed by atoms with Crippen molar-refractivity contribution in [2.45, 2.75) is 31.4 Å². The van der Waals surface area contributed by atoms with Crippen molar-refractivity contribution >= 4 is 0 Å². The van der Waals surface area contributed by atoms with Crippen LogP contribution in [0.15, 0.2) is 0 Å². The third-order valence-electron chi connectivity index (χ3n) is 2.63. The fourth-order valence-corrected chi connectivity index (χ4v) is 1.64. The highest BCUT2D eigenvalue weighted by molar-refractivity contribution is 4.95. The van der Waals surface area contributed by atoms with Crippen LogP contribution in [0.1, 0.15) is 19.3 Å². The van der Waals surface area contributed by atoms with Crippen molar-refractivity contribution in [1.82, 2.24) is 5.32 Å². The monoisotopic (exact) mass is 127 g/mol. The molecule has 0 unspecified atom stereocenters. The fourth-order valence-electron chi connectivity index (χ4n) is 1.64. The third kappa shape index (κ3) is 0.775. The average molecular weight is 127 g/mol. The molecule has 1 saturated carbocycles. The molecule has 52 valence electrons. The van der Waals surface area contributed by atoms with Gasteiger partial charge in [-0.15, -0.1) is 0 Å². The Balaban J connectivity index is 1.83. The maximum atomic E-state index is 9.18. The van der Waals surface area contributed by atoms with Crippen LogP contribution >= 0.6 is 0 Å². The highest BCUT2D eigenvalue weighted by Crippen LogP contribution is 2.33. The molecule has 2 N–H and O–H groups in total. The lowest BCUT2D eigenvalue weighted by molar-refractivity contribution is 0.00904. The van der Waals surface area contributed by atoms with Gasteiger partial charge < -0.3 is 10.4 Å². The van der Waals surface area contributed by atoms with Crippen molar-refractivity contribution in [3.63, 3.8) is 0 Å². The second kappa shape index (κ2) is 1.96. The third-order valence-corrected chi connectivity index (χ3v) is 2.63. The molecule has 2 rings (SSSR count). The van der Waals surface area contributed by atoms with Crippen LogP contribution < -0.4 is 5.32 Å². The molecular formula is C7H13NO. The second-order valence-electron chi connectivity index (χ2n) is 3.19. The largest absolute Gasteiger partial charge is 0.390 e. The molecule has 0 aromatic heterocycles. The summed E-state index contributed by atoms with van der Waals surface area (Å²) < 4.78 is 0. The predicted octanol–water partition coefficient (Wildman–Crippen LogP) is 0.119. The average Bonchev–Trinajstić information content (AvgIpc) is 1.74. The zero-order valence-electron chi connectivity index (χ0n) is 5.51. The SMILES string of the molecule is O[C@@H]1CN[C@H]1C1CCC1. The van der Waals surface area contributed by atoms with Gasteiger partial charge in [0.15, 0.2) is 0 Å². The Morgan fingerprint density at radius 3 is 2.22 bits per heavy atom. The van der Waals surface area contributed by atoms with Gasteiger partial charge in [-0.3, -0.25) is 0 Å². The highest BCUT2D eigenvalue weighted by Gasteiger charge is 2.37. The summed E-state index contributed by atoms with van der Waals surface area (Å²) in [5.41, 5.74) is 0. The van der Waals surface area contributed by atoms with E-state index in [1.54, 1.807) is 0 Å². The summed E-state index contributed by atoms with van der Waals surface area (Å²) in [4.78, 5) is 0. The molecule has 0 aromatic carbocycles. The number of hydrogen-bond acceptors (Lipinski definition) is 2. The Bertz CT molecular complexity index is 111. The van der Waals surface area contributed by atoms with E-state index < -0.39 is 0 Å². The molecule has 2 heteroatoms. The first kappa shape index (κ1) is 5.69. The molecular weight excluding hydrogens is 114 g/mol. The summed E-state index contributed by atoms with van der Waals surface area (Å²) in [7, 11) is 0. The summed E-state index contributed by atoms with van der Waals surface area (Å²) >= 11 is 0. The van der Waals surface area contributed by atoms with Gasteiger partial charge in [0.25, 0.3) is 0 Å². The molecule has 0 amide bonds. The molecule has 2 fully saturated rings. The lowest BCUT2D eigenvalue weighted by Gasteiger charge is -2.44. The quantitative estimate of drug-likeness (QED) is 0.524. The summed E-state index contributed by atoms with van der Waals surface area (Å²) in [6.07, 6.45) is 3.99. The first-order chi connectivity index (χ1) is 4.38. The van der Waals surface area contributed by atoms with Crippen LogP contribution in [0.2, 0.25) is 0 Å². The minimum absolute atomic E-state index is 0.0321. The number of aliphatic hydroxyl groups excluding tert-OH is 1. The zero-order chi connectivity index (χ0) is 6.27. The van der Waals surface area contributed by atoms with E-state index >= 15 is 0 Å². The molecule has 0 aromatic rings. The Labute approximate surface area is 55.3 Å². The van der Waals surface area contributed by atoms with Gasteiger partial charge in [0.05, 0.1) is 6.10 Å². The number of nitrogens with one attached hydrogen (secondary N) is 1. The van der Waals surface area contributed by atoms with E-state index in [9.17, 15) is 5.11 Å². The van der Waals surface area contributed by atoms with Gasteiger partial charge in [-0.1, -0.05) is 6.42 Å². The van der Waals surface area contributed by atoms with E-state index in [0.29, 0.717) is 6.04 Å². The lowest BCUT2D eigenvalue weighted by atomic mass is 9.75. The van der Waals surface area contributed by atoms with Gasteiger partial charge in [-0.2, -0.15) is 0 Å². The molecule has 2 aliphatic rings. The van der Waals surface area contributed by atoms with Gasteiger partial charge >= 0.3 is 0 Å². The molecule has 1 aliphatic carbocycles. The fraction of sp³-hybridized carbons (Fsp3) is 1.00. The molecule has 2 atom stereocenters. The maximum Gasteiger partial charge on any atom is 0.0820 e. The van der Waals surface area contributed by atoms with Crippen LogP contribution in [0.25, 0.3) is 0 Å². The molecule has 9 heavy (non-hydrogen) atoms. The Kier molecular flexibility index (Phi) is 1.24. The van der Waals surface area contributed by atoms with Gasteiger partial charge in [0.2, 0.25) is 0 Å². The van der Waals surface area contributed by atoms with Crippen molar-refractivity contribution < 1.29 is 5.11 Å². The van der Waals surface area contributed by atoms with E-state index in [2.05, 4.69) is 5.32 Å². The van der Waals surface area contributed by atoms with E-state index in [1.165, 1.54) is 19.3 Å². The molecule has 2 nitrogen and oxygen atoms in total. The molecule has 0 bridgehead atoms. The van der Waals surface area contributed by atoms with Crippen molar-refractivity contribution in [1.29, 1.82) is 0 Å². The van der Waals surface area contributed by atoms with Crippen LogP contribution in [0.4, 0.5) is 0 Å². The number of rotatable bonds is 1. The van der Waals surface area contributed by atoms with Gasteiger partial charge in [-0.25, -0.2) is 0 Å². The summed E-state index contributed by atoms with van der Waals surface area (Å²) in [6, 6.07) is 0.457. The van der Waals surface area contributed by atoms with Crippen LogP contribution in [-0.4, -0.2) is 23.8 Å². The van der Waals surface area contributed by atoms with Gasteiger partial charge in [0.1, 0.15) is 0 Å². The normalized spacial score (nSPS) is 43.7. The van der Waals surface area contributed by atoms with E-state index in [4.69, 9.17) is 0 Å². The number of β-amino-alcohol motifs (C(OH)–C–C–N with tert-alkyl or cyclic N) is 1. The van der Waals surface area contributed by atoms with Crippen LogP contribution in [0, 0.1) is 5.92 Å². The van der Waals surface area contributed by atoms with Crippen LogP contribution in [0.5, 0.6) is 0 Å². The summed E-state index contributed by atoms with van der Waals surface area (Å²) in [5.74, 6) is 0.800. The van der Waals surface area contributed by atoms with E-state index in [-0.39, 0.29) is 6.10 Å². The molecule has 1 heterocycles. The molecule has 0 radical (unpaired) electrons. The smallest absolute Gasteiger partial charge is 0.0820 e.